The van der Waals surface area contributed by atoms with Gasteiger partial charge in [-0.2, -0.15) is 13.2 Å². The van der Waals surface area contributed by atoms with Crippen LogP contribution in [0.3, 0.4) is 0 Å². The third-order valence-corrected chi connectivity index (χ3v) is 5.74. The molecule has 1 aromatic heterocycles. The molecule has 0 aliphatic carbocycles. The third-order valence-electron chi connectivity index (χ3n) is 4.41. The van der Waals surface area contributed by atoms with Gasteiger partial charge in [-0.3, -0.25) is 4.57 Å². The van der Waals surface area contributed by atoms with Gasteiger partial charge in [0.25, 0.3) is 0 Å². The fourth-order valence-corrected chi connectivity index (χ4v) is 4.06. The second kappa shape index (κ2) is 8.53. The number of benzene rings is 3. The highest BCUT2D eigenvalue weighted by Gasteiger charge is 2.30. The average molecular weight is 446 g/mol. The molecule has 30 heavy (non-hydrogen) atoms. The molecule has 0 N–H and O–H groups in total. The zero-order chi connectivity index (χ0) is 21.1. The first-order valence-corrected chi connectivity index (χ1v) is 10.3. The van der Waals surface area contributed by atoms with Crippen molar-refractivity contribution in [2.45, 2.75) is 17.1 Å². The van der Waals surface area contributed by atoms with Gasteiger partial charge < -0.3 is 0 Å². The molecule has 0 atom stereocenters. The number of rotatable bonds is 5. The summed E-state index contributed by atoms with van der Waals surface area (Å²) in [5.74, 6) is 1.05. The van der Waals surface area contributed by atoms with Gasteiger partial charge in [0.15, 0.2) is 11.0 Å². The normalized spacial score (nSPS) is 11.6. The maximum atomic E-state index is 12.8. The summed E-state index contributed by atoms with van der Waals surface area (Å²) in [4.78, 5) is 0. The van der Waals surface area contributed by atoms with Gasteiger partial charge in [-0.15, -0.1) is 10.2 Å². The van der Waals surface area contributed by atoms with Crippen molar-refractivity contribution < 1.29 is 13.2 Å². The molecule has 0 fully saturated rings. The predicted octanol–water partition coefficient (Wildman–Crippen LogP) is 6.90. The van der Waals surface area contributed by atoms with Crippen LogP contribution in [-0.4, -0.2) is 14.8 Å². The summed E-state index contributed by atoms with van der Waals surface area (Å²) in [6.45, 7) is 0. The van der Waals surface area contributed by atoms with E-state index in [0.29, 0.717) is 21.8 Å². The van der Waals surface area contributed by atoms with E-state index in [0.717, 1.165) is 28.9 Å². The topological polar surface area (TPSA) is 30.7 Å². The second-order valence-corrected chi connectivity index (χ2v) is 7.79. The van der Waals surface area contributed by atoms with Crippen LogP contribution in [0.25, 0.3) is 17.1 Å². The van der Waals surface area contributed by atoms with E-state index in [2.05, 4.69) is 10.2 Å². The lowest BCUT2D eigenvalue weighted by atomic mass is 10.1. The first kappa shape index (κ1) is 20.5. The van der Waals surface area contributed by atoms with Crippen LogP contribution in [-0.2, 0) is 11.9 Å². The van der Waals surface area contributed by atoms with E-state index >= 15 is 0 Å². The van der Waals surface area contributed by atoms with Gasteiger partial charge in [0, 0.05) is 17.0 Å². The number of para-hydroxylation sites is 1. The number of alkyl halides is 3. The minimum absolute atomic E-state index is 0.450. The Labute approximate surface area is 180 Å². The number of halogens is 4. The first-order valence-electron chi connectivity index (χ1n) is 8.98. The predicted molar refractivity (Wildman–Crippen MR) is 113 cm³/mol. The second-order valence-electron chi connectivity index (χ2n) is 6.44. The van der Waals surface area contributed by atoms with E-state index in [1.165, 1.54) is 23.9 Å². The number of hydrogen-bond donors (Lipinski definition) is 0. The molecule has 0 bridgehead atoms. The lowest BCUT2D eigenvalue weighted by molar-refractivity contribution is -0.137. The van der Waals surface area contributed by atoms with Gasteiger partial charge in [-0.05, 0) is 42.0 Å². The van der Waals surface area contributed by atoms with Crippen LogP contribution in [0.2, 0.25) is 5.02 Å². The number of nitrogens with zero attached hydrogens (tertiary/aromatic N) is 3. The molecule has 4 rings (SSSR count). The van der Waals surface area contributed by atoms with Crippen LogP contribution in [0, 0.1) is 0 Å². The Kier molecular flexibility index (Phi) is 5.83. The van der Waals surface area contributed by atoms with Crippen LogP contribution in [0.4, 0.5) is 13.2 Å². The average Bonchev–Trinajstić information content (AvgIpc) is 3.16. The number of aromatic nitrogens is 3. The van der Waals surface area contributed by atoms with Gasteiger partial charge in [-0.25, -0.2) is 0 Å². The lowest BCUT2D eigenvalue weighted by Crippen LogP contribution is -2.04. The van der Waals surface area contributed by atoms with Gasteiger partial charge >= 0.3 is 6.18 Å². The molecule has 3 aromatic carbocycles. The molecule has 0 aliphatic rings. The summed E-state index contributed by atoms with van der Waals surface area (Å²) in [5, 5.41) is 9.84. The zero-order valence-electron chi connectivity index (χ0n) is 15.5. The summed E-state index contributed by atoms with van der Waals surface area (Å²) < 4.78 is 40.2. The molecule has 0 amide bonds. The fraction of sp³-hybridized carbons (Fsp3) is 0.0909. The van der Waals surface area contributed by atoms with E-state index in [4.69, 9.17) is 11.6 Å². The Morgan fingerprint density at radius 2 is 1.50 bits per heavy atom. The van der Waals surface area contributed by atoms with Crippen molar-refractivity contribution in [3.05, 3.63) is 95.0 Å². The number of thioether (sulfide) groups is 1. The highest BCUT2D eigenvalue weighted by atomic mass is 35.5. The van der Waals surface area contributed by atoms with Crippen LogP contribution in [0.15, 0.2) is 84.0 Å². The molecule has 0 aliphatic heterocycles. The minimum atomic E-state index is -4.34. The molecule has 8 heteroatoms. The highest BCUT2D eigenvalue weighted by molar-refractivity contribution is 7.98. The molecular formula is C22H15ClF3N3S. The van der Waals surface area contributed by atoms with Gasteiger partial charge in [0.05, 0.1) is 10.6 Å². The monoisotopic (exact) mass is 445 g/mol. The smallest absolute Gasteiger partial charge is 0.270 e. The van der Waals surface area contributed by atoms with Crippen molar-refractivity contribution in [1.82, 2.24) is 14.8 Å². The lowest BCUT2D eigenvalue weighted by Gasteiger charge is -2.11. The zero-order valence-corrected chi connectivity index (χ0v) is 17.0. The highest BCUT2D eigenvalue weighted by Crippen LogP contribution is 2.34. The molecule has 152 valence electrons. The van der Waals surface area contributed by atoms with Crippen LogP contribution >= 0.6 is 23.4 Å². The Morgan fingerprint density at radius 1 is 0.833 bits per heavy atom. The Balaban J connectivity index is 1.66. The maximum Gasteiger partial charge on any atom is 0.416 e. The van der Waals surface area contributed by atoms with E-state index in [9.17, 15) is 13.2 Å². The van der Waals surface area contributed by atoms with E-state index in [-0.39, 0.29) is 0 Å². The van der Waals surface area contributed by atoms with Crippen molar-refractivity contribution in [2.24, 2.45) is 0 Å². The summed E-state index contributed by atoms with van der Waals surface area (Å²) in [7, 11) is 0. The van der Waals surface area contributed by atoms with Crippen LogP contribution in [0.1, 0.15) is 11.1 Å². The van der Waals surface area contributed by atoms with Crippen molar-refractivity contribution in [2.75, 3.05) is 0 Å². The SMILES string of the molecule is FC(F)(F)c1ccc(CSc2nnc(-c3ccccc3Cl)n2-c2ccccc2)cc1. The Morgan fingerprint density at radius 3 is 2.17 bits per heavy atom. The van der Waals surface area contributed by atoms with Crippen LogP contribution < -0.4 is 0 Å². The third kappa shape index (κ3) is 4.37. The molecule has 0 saturated heterocycles. The maximum absolute atomic E-state index is 12.8. The molecule has 1 heterocycles. The fourth-order valence-electron chi connectivity index (χ4n) is 2.93. The standard InChI is InChI=1S/C22H15ClF3N3S/c23-19-9-5-4-8-18(19)20-27-28-21(29(20)17-6-2-1-3-7-17)30-14-15-10-12-16(13-11-15)22(24,25)26/h1-13H,14H2. The van der Waals surface area contributed by atoms with Crippen molar-refractivity contribution in [3.8, 4) is 17.1 Å². The van der Waals surface area contributed by atoms with Crippen LogP contribution in [0.5, 0.6) is 0 Å². The van der Waals surface area contributed by atoms with E-state index in [1.54, 1.807) is 6.07 Å². The van der Waals surface area contributed by atoms with E-state index in [1.807, 2.05) is 53.1 Å². The van der Waals surface area contributed by atoms with Crippen molar-refractivity contribution in [1.29, 1.82) is 0 Å². The first-order chi connectivity index (χ1) is 14.4. The largest absolute Gasteiger partial charge is 0.416 e. The van der Waals surface area contributed by atoms with Crippen molar-refractivity contribution in [3.63, 3.8) is 0 Å². The summed E-state index contributed by atoms with van der Waals surface area (Å²) in [6.07, 6.45) is -4.34. The molecular weight excluding hydrogens is 431 g/mol. The van der Waals surface area contributed by atoms with Gasteiger partial charge in [0.1, 0.15) is 0 Å². The quantitative estimate of drug-likeness (QED) is 0.313. The Hall–Kier alpha value is -2.77. The molecule has 4 aromatic rings. The van der Waals surface area contributed by atoms with Gasteiger partial charge in [-0.1, -0.05) is 65.8 Å². The molecule has 0 unspecified atom stereocenters. The summed E-state index contributed by atoms with van der Waals surface area (Å²) in [5.41, 5.74) is 1.71. The Bertz CT molecular complexity index is 1140. The molecule has 0 radical (unpaired) electrons. The van der Waals surface area contributed by atoms with Gasteiger partial charge in [0.2, 0.25) is 0 Å². The minimum Gasteiger partial charge on any atom is -0.270 e. The molecule has 0 saturated carbocycles. The summed E-state index contributed by atoms with van der Waals surface area (Å²) >= 11 is 7.77. The van der Waals surface area contributed by atoms with E-state index < -0.39 is 11.7 Å². The van der Waals surface area contributed by atoms with Crippen molar-refractivity contribution >= 4 is 23.4 Å². The molecule has 3 nitrogen and oxygen atoms in total. The number of hydrogen-bond acceptors (Lipinski definition) is 3. The molecule has 0 spiro atoms. The summed E-state index contributed by atoms with van der Waals surface area (Å²) in [6, 6.07) is 22.1.